The third-order valence-electron chi connectivity index (χ3n) is 5.91. The normalized spacial score (nSPS) is 15.9. The number of carbonyl (C=O) groups is 2. The third kappa shape index (κ3) is 5.31. The van der Waals surface area contributed by atoms with Crippen molar-refractivity contribution in [3.8, 4) is 11.8 Å². The van der Waals surface area contributed by atoms with Gasteiger partial charge in [-0.2, -0.15) is 5.26 Å². The number of anilines is 2. The quantitative estimate of drug-likeness (QED) is 0.350. The summed E-state index contributed by atoms with van der Waals surface area (Å²) in [5.74, 6) is -0.0653. The average Bonchev–Trinajstić information content (AvgIpc) is 3.60. The molecule has 3 aromatic rings. The monoisotopic (exact) mass is 568 g/mol. The van der Waals surface area contributed by atoms with Gasteiger partial charge in [0.25, 0.3) is 5.91 Å². The van der Waals surface area contributed by atoms with E-state index in [0.29, 0.717) is 32.2 Å². The van der Waals surface area contributed by atoms with Crippen LogP contribution in [0.5, 0.6) is 5.75 Å². The largest absolute Gasteiger partial charge is 0.495 e. The summed E-state index contributed by atoms with van der Waals surface area (Å²) in [5.41, 5.74) is 2.44. The molecule has 188 valence electrons. The van der Waals surface area contributed by atoms with Gasteiger partial charge in [-0.1, -0.05) is 29.4 Å². The van der Waals surface area contributed by atoms with E-state index in [1.807, 2.05) is 17.5 Å². The number of hydrogen-bond acceptors (Lipinski definition) is 8. The van der Waals surface area contributed by atoms with E-state index in [4.69, 9.17) is 16.3 Å². The SMILES string of the molecule is COc1ccc(N2C(=O)C(=Cc3cccs3)N=C2SCC(=O)Nc2sc3c(c2C#N)CCCC3)cc1Cl. The number of nitrogens with zero attached hydrogens (tertiary/aromatic N) is 3. The van der Waals surface area contributed by atoms with Crippen molar-refractivity contribution in [3.63, 3.8) is 0 Å². The number of rotatable bonds is 6. The number of ether oxygens (including phenoxy) is 1. The minimum absolute atomic E-state index is 0.0201. The maximum Gasteiger partial charge on any atom is 0.283 e. The fourth-order valence-corrected chi connectivity index (χ4v) is 7.16. The second kappa shape index (κ2) is 11.1. The molecule has 37 heavy (non-hydrogen) atoms. The van der Waals surface area contributed by atoms with E-state index in [2.05, 4.69) is 16.4 Å². The van der Waals surface area contributed by atoms with Gasteiger partial charge < -0.3 is 10.1 Å². The third-order valence-corrected chi connectivity index (χ3v) is 9.17. The first-order valence-corrected chi connectivity index (χ1v) is 14.5. The van der Waals surface area contributed by atoms with Gasteiger partial charge in [0, 0.05) is 9.75 Å². The summed E-state index contributed by atoms with van der Waals surface area (Å²) in [6.07, 6.45) is 5.70. The molecule has 5 rings (SSSR count). The number of aliphatic imine (C=N–C) groups is 1. The van der Waals surface area contributed by atoms with Crippen LogP contribution in [-0.4, -0.2) is 29.8 Å². The minimum Gasteiger partial charge on any atom is -0.495 e. The lowest BCUT2D eigenvalue weighted by Crippen LogP contribution is -2.31. The smallest absolute Gasteiger partial charge is 0.283 e. The molecule has 0 unspecified atom stereocenters. The number of fused-ring (bicyclic) bond motifs is 1. The van der Waals surface area contributed by atoms with E-state index in [1.165, 1.54) is 39.6 Å². The van der Waals surface area contributed by atoms with Gasteiger partial charge in [0.2, 0.25) is 5.91 Å². The second-order valence-corrected chi connectivity index (χ2v) is 11.7. The highest BCUT2D eigenvalue weighted by atomic mass is 35.5. The van der Waals surface area contributed by atoms with E-state index in [-0.39, 0.29) is 23.3 Å². The molecule has 1 aliphatic carbocycles. The molecule has 11 heteroatoms. The lowest BCUT2D eigenvalue weighted by Gasteiger charge is -2.18. The zero-order chi connectivity index (χ0) is 25.9. The van der Waals surface area contributed by atoms with Crippen LogP contribution >= 0.6 is 46.0 Å². The van der Waals surface area contributed by atoms with Gasteiger partial charge in [-0.05, 0) is 67.0 Å². The predicted molar refractivity (Wildman–Crippen MR) is 152 cm³/mol. The van der Waals surface area contributed by atoms with E-state index >= 15 is 0 Å². The van der Waals surface area contributed by atoms with Crippen molar-refractivity contribution in [2.45, 2.75) is 25.7 Å². The Hall–Kier alpha value is -3.10. The van der Waals surface area contributed by atoms with Crippen molar-refractivity contribution in [2.75, 3.05) is 23.1 Å². The Morgan fingerprint density at radius 2 is 2.19 bits per heavy atom. The fourth-order valence-electron chi connectivity index (χ4n) is 4.19. The number of hydrogen-bond donors (Lipinski definition) is 1. The van der Waals surface area contributed by atoms with Crippen molar-refractivity contribution in [3.05, 3.63) is 67.3 Å². The van der Waals surface area contributed by atoms with Crippen LogP contribution < -0.4 is 15.0 Å². The standard InChI is InChI=1S/C26H21ClN4O3S3/c1-34-21-9-8-15(11-19(21)27)31-25(33)20(12-16-5-4-10-35-16)29-26(31)36-14-23(32)30-24-18(13-28)17-6-2-3-7-22(17)37-24/h4-5,8-12H,2-3,6-7,14H2,1H3,(H,30,32). The van der Waals surface area contributed by atoms with Crippen LogP contribution in [0.3, 0.4) is 0 Å². The highest BCUT2D eigenvalue weighted by Gasteiger charge is 2.33. The first-order valence-electron chi connectivity index (χ1n) is 11.5. The average molecular weight is 569 g/mol. The molecular weight excluding hydrogens is 548 g/mol. The molecular formula is C26H21ClN4O3S3. The number of carbonyl (C=O) groups excluding carboxylic acids is 2. The zero-order valence-corrected chi connectivity index (χ0v) is 23.0. The summed E-state index contributed by atoms with van der Waals surface area (Å²) in [5, 5.41) is 15.8. The molecule has 7 nitrogen and oxygen atoms in total. The zero-order valence-electron chi connectivity index (χ0n) is 19.7. The van der Waals surface area contributed by atoms with Gasteiger partial charge in [-0.3, -0.25) is 14.5 Å². The summed E-state index contributed by atoms with van der Waals surface area (Å²) < 4.78 is 5.24. The van der Waals surface area contributed by atoms with Crippen LogP contribution in [0, 0.1) is 11.3 Å². The maximum atomic E-state index is 13.4. The van der Waals surface area contributed by atoms with E-state index in [0.717, 1.165) is 47.9 Å². The predicted octanol–water partition coefficient (Wildman–Crippen LogP) is 6.34. The van der Waals surface area contributed by atoms with Crippen molar-refractivity contribution in [1.29, 1.82) is 5.26 Å². The first kappa shape index (κ1) is 25.5. The number of halogens is 1. The van der Waals surface area contributed by atoms with Crippen molar-refractivity contribution >= 4 is 79.8 Å². The van der Waals surface area contributed by atoms with Gasteiger partial charge in [0.1, 0.15) is 22.5 Å². The molecule has 0 radical (unpaired) electrons. The number of amidine groups is 1. The van der Waals surface area contributed by atoms with E-state index in [9.17, 15) is 14.9 Å². The number of methoxy groups -OCH3 is 1. The molecule has 0 saturated carbocycles. The van der Waals surface area contributed by atoms with E-state index in [1.54, 1.807) is 24.3 Å². The van der Waals surface area contributed by atoms with Gasteiger partial charge in [-0.15, -0.1) is 22.7 Å². The fraction of sp³-hybridized carbons (Fsp3) is 0.231. The summed E-state index contributed by atoms with van der Waals surface area (Å²) in [6.45, 7) is 0. The topological polar surface area (TPSA) is 94.8 Å². The molecule has 2 aromatic heterocycles. The molecule has 1 aliphatic heterocycles. The van der Waals surface area contributed by atoms with Crippen molar-refractivity contribution < 1.29 is 14.3 Å². The molecule has 3 heterocycles. The molecule has 0 atom stereocenters. The molecule has 1 aromatic carbocycles. The highest BCUT2D eigenvalue weighted by molar-refractivity contribution is 8.14. The molecule has 0 fully saturated rings. The van der Waals surface area contributed by atoms with Gasteiger partial charge in [0.15, 0.2) is 5.17 Å². The van der Waals surface area contributed by atoms with E-state index < -0.39 is 0 Å². The molecule has 0 saturated heterocycles. The summed E-state index contributed by atoms with van der Waals surface area (Å²) in [7, 11) is 1.52. The van der Waals surface area contributed by atoms with Crippen LogP contribution in [0.1, 0.15) is 33.7 Å². The molecule has 1 N–H and O–H groups in total. The lowest BCUT2D eigenvalue weighted by atomic mass is 9.96. The van der Waals surface area contributed by atoms with Gasteiger partial charge >= 0.3 is 0 Å². The number of thiophene rings is 2. The van der Waals surface area contributed by atoms with Gasteiger partial charge in [-0.25, -0.2) is 4.99 Å². The number of thioether (sulfide) groups is 1. The Bertz CT molecular complexity index is 1470. The number of amides is 2. The maximum absolute atomic E-state index is 13.4. The van der Waals surface area contributed by atoms with Crippen LogP contribution in [0.25, 0.3) is 6.08 Å². The van der Waals surface area contributed by atoms with Crippen molar-refractivity contribution in [1.82, 2.24) is 0 Å². The highest BCUT2D eigenvalue weighted by Crippen LogP contribution is 2.38. The minimum atomic E-state index is -0.310. The Labute approximate surface area is 231 Å². The Morgan fingerprint density at radius 1 is 1.35 bits per heavy atom. The lowest BCUT2D eigenvalue weighted by molar-refractivity contribution is -0.114. The van der Waals surface area contributed by atoms with Crippen LogP contribution in [0.4, 0.5) is 10.7 Å². The summed E-state index contributed by atoms with van der Waals surface area (Å²) in [6, 6.07) is 11.1. The molecule has 0 spiro atoms. The Kier molecular flexibility index (Phi) is 7.67. The second-order valence-electron chi connectivity index (χ2n) is 8.26. The summed E-state index contributed by atoms with van der Waals surface area (Å²) >= 11 is 10.5. The van der Waals surface area contributed by atoms with Crippen LogP contribution in [0.2, 0.25) is 5.02 Å². The van der Waals surface area contributed by atoms with Crippen molar-refractivity contribution in [2.24, 2.45) is 4.99 Å². The Morgan fingerprint density at radius 3 is 2.92 bits per heavy atom. The number of nitrogens with one attached hydrogen (secondary N) is 1. The van der Waals surface area contributed by atoms with Crippen LogP contribution in [0.15, 0.2) is 46.4 Å². The van der Waals surface area contributed by atoms with Crippen LogP contribution in [-0.2, 0) is 22.4 Å². The summed E-state index contributed by atoms with van der Waals surface area (Å²) in [4.78, 5) is 34.4. The molecule has 2 amide bonds. The Balaban J connectivity index is 1.37. The molecule has 2 aliphatic rings. The number of nitriles is 1. The molecule has 0 bridgehead atoms. The number of benzene rings is 1. The number of aryl methyl sites for hydroxylation is 1. The van der Waals surface area contributed by atoms with Gasteiger partial charge in [0.05, 0.1) is 29.1 Å². The first-order chi connectivity index (χ1) is 18.0.